The van der Waals surface area contributed by atoms with Crippen molar-refractivity contribution in [2.45, 2.75) is 11.4 Å². The zero-order valence-electron chi connectivity index (χ0n) is 13.1. The Morgan fingerprint density at radius 1 is 1.21 bits per heavy atom. The Kier molecular flexibility index (Phi) is 3.62. The number of anilines is 1. The maximum atomic E-state index is 5.93. The molecule has 2 N–H and O–H groups in total. The maximum Gasteiger partial charge on any atom is 0.230 e. The standard InChI is InChI=1S/C16H15N3O4S/c1-20-10-4-3-5-11-14(10)16(18-22-11)19-23-13-7-9(8-17)6-12(21-2)15(13)24-19/h3-7H,8,17H2,1-2H3. The van der Waals surface area contributed by atoms with Crippen LogP contribution in [-0.4, -0.2) is 19.4 Å². The molecule has 0 amide bonds. The second-order valence-corrected chi connectivity index (χ2v) is 6.03. The van der Waals surface area contributed by atoms with Gasteiger partial charge in [0.25, 0.3) is 0 Å². The zero-order chi connectivity index (χ0) is 16.7. The van der Waals surface area contributed by atoms with Gasteiger partial charge in [-0.2, -0.15) is 0 Å². The quantitative estimate of drug-likeness (QED) is 0.722. The van der Waals surface area contributed by atoms with E-state index in [0.717, 1.165) is 15.8 Å². The van der Waals surface area contributed by atoms with E-state index >= 15 is 0 Å². The third-order valence-electron chi connectivity index (χ3n) is 3.73. The summed E-state index contributed by atoms with van der Waals surface area (Å²) in [4.78, 5) is 6.79. The molecule has 124 valence electrons. The van der Waals surface area contributed by atoms with Gasteiger partial charge in [-0.1, -0.05) is 11.2 Å². The van der Waals surface area contributed by atoms with Crippen LogP contribution in [0.4, 0.5) is 5.82 Å². The molecule has 4 rings (SSSR count). The third-order valence-corrected chi connectivity index (χ3v) is 4.72. The normalized spacial score (nSPS) is 13.0. The summed E-state index contributed by atoms with van der Waals surface area (Å²) < 4.78 is 17.8. The van der Waals surface area contributed by atoms with Gasteiger partial charge in [0.05, 0.1) is 14.2 Å². The van der Waals surface area contributed by atoms with E-state index in [1.807, 2.05) is 30.3 Å². The average Bonchev–Trinajstić information content (AvgIpc) is 3.23. The van der Waals surface area contributed by atoms with Crippen molar-refractivity contribution in [2.75, 3.05) is 18.7 Å². The van der Waals surface area contributed by atoms with Crippen LogP contribution in [0.3, 0.4) is 0 Å². The van der Waals surface area contributed by atoms with Gasteiger partial charge in [0.15, 0.2) is 11.3 Å². The van der Waals surface area contributed by atoms with Crippen LogP contribution in [-0.2, 0) is 6.54 Å². The summed E-state index contributed by atoms with van der Waals surface area (Å²) in [6, 6.07) is 9.32. The molecule has 2 aromatic carbocycles. The summed E-state index contributed by atoms with van der Waals surface area (Å²) in [6.45, 7) is 0.401. The molecular weight excluding hydrogens is 330 g/mol. The molecule has 0 bridgehead atoms. The second kappa shape index (κ2) is 5.81. The SMILES string of the molecule is COc1cc(CN)cc2c1SN(c1noc3cccc(OC)c13)O2. The highest BCUT2D eigenvalue weighted by molar-refractivity contribution is 8.01. The highest BCUT2D eigenvalue weighted by Crippen LogP contribution is 2.49. The van der Waals surface area contributed by atoms with E-state index in [1.165, 1.54) is 11.9 Å². The predicted molar refractivity (Wildman–Crippen MR) is 90.4 cm³/mol. The molecule has 0 fully saturated rings. The van der Waals surface area contributed by atoms with E-state index in [9.17, 15) is 0 Å². The van der Waals surface area contributed by atoms with Gasteiger partial charge in [0.1, 0.15) is 21.8 Å². The highest BCUT2D eigenvalue weighted by Gasteiger charge is 2.31. The van der Waals surface area contributed by atoms with Crippen LogP contribution in [0, 0.1) is 0 Å². The number of fused-ring (bicyclic) bond motifs is 2. The summed E-state index contributed by atoms with van der Waals surface area (Å²) >= 11 is 1.37. The van der Waals surface area contributed by atoms with E-state index < -0.39 is 0 Å². The smallest absolute Gasteiger partial charge is 0.230 e. The van der Waals surface area contributed by atoms with Crippen molar-refractivity contribution in [3.05, 3.63) is 35.9 Å². The van der Waals surface area contributed by atoms with E-state index in [4.69, 9.17) is 24.6 Å². The number of nitrogens with two attached hydrogens (primary N) is 1. The molecule has 1 aliphatic rings. The van der Waals surface area contributed by atoms with Crippen LogP contribution in [0.5, 0.6) is 17.2 Å². The number of rotatable bonds is 4. The van der Waals surface area contributed by atoms with Crippen molar-refractivity contribution in [1.29, 1.82) is 0 Å². The summed E-state index contributed by atoms with van der Waals surface area (Å²) in [5.74, 6) is 2.57. The lowest BCUT2D eigenvalue weighted by atomic mass is 10.2. The lowest BCUT2D eigenvalue weighted by molar-refractivity contribution is 0.340. The Morgan fingerprint density at radius 2 is 2.04 bits per heavy atom. The summed E-state index contributed by atoms with van der Waals surface area (Å²) in [7, 11) is 3.22. The first-order chi connectivity index (χ1) is 11.7. The van der Waals surface area contributed by atoms with Crippen molar-refractivity contribution >= 4 is 28.7 Å². The van der Waals surface area contributed by atoms with Crippen molar-refractivity contribution in [2.24, 2.45) is 5.73 Å². The van der Waals surface area contributed by atoms with Crippen LogP contribution >= 0.6 is 11.9 Å². The largest absolute Gasteiger partial charge is 0.496 e. The van der Waals surface area contributed by atoms with Crippen LogP contribution < -0.4 is 24.5 Å². The molecule has 0 spiro atoms. The molecule has 1 aliphatic heterocycles. The van der Waals surface area contributed by atoms with E-state index in [2.05, 4.69) is 5.16 Å². The first kappa shape index (κ1) is 15.0. The average molecular weight is 345 g/mol. The maximum absolute atomic E-state index is 5.93. The molecule has 3 aromatic rings. The first-order valence-corrected chi connectivity index (χ1v) is 8.02. The number of hydrogen-bond donors (Lipinski definition) is 1. The fraction of sp³-hybridized carbons (Fsp3) is 0.188. The van der Waals surface area contributed by atoms with Crippen LogP contribution in [0.2, 0.25) is 0 Å². The lowest BCUT2D eigenvalue weighted by Crippen LogP contribution is -2.14. The minimum Gasteiger partial charge on any atom is -0.496 e. The lowest BCUT2D eigenvalue weighted by Gasteiger charge is -2.11. The van der Waals surface area contributed by atoms with Crippen LogP contribution in [0.25, 0.3) is 11.0 Å². The number of nitrogens with zero attached hydrogens (tertiary/aromatic N) is 2. The molecule has 0 aliphatic carbocycles. The first-order valence-electron chi connectivity index (χ1n) is 7.24. The Morgan fingerprint density at radius 3 is 2.79 bits per heavy atom. The molecule has 2 heterocycles. The molecule has 8 heteroatoms. The minimum atomic E-state index is 0.401. The molecule has 24 heavy (non-hydrogen) atoms. The molecule has 1 aromatic heterocycles. The monoisotopic (exact) mass is 345 g/mol. The van der Waals surface area contributed by atoms with Gasteiger partial charge >= 0.3 is 0 Å². The van der Waals surface area contributed by atoms with Gasteiger partial charge in [-0.3, -0.25) is 0 Å². The van der Waals surface area contributed by atoms with Gasteiger partial charge in [0, 0.05) is 18.5 Å². The van der Waals surface area contributed by atoms with E-state index in [0.29, 0.717) is 35.2 Å². The topological polar surface area (TPSA) is 83.0 Å². The van der Waals surface area contributed by atoms with Gasteiger partial charge in [-0.25, -0.2) is 0 Å². The minimum absolute atomic E-state index is 0.401. The molecule has 0 atom stereocenters. The number of methoxy groups -OCH3 is 2. The van der Waals surface area contributed by atoms with Crippen molar-refractivity contribution < 1.29 is 18.8 Å². The van der Waals surface area contributed by atoms with E-state index in [1.54, 1.807) is 18.7 Å². The Labute approximate surface area is 142 Å². The Bertz CT molecular complexity index is 912. The van der Waals surface area contributed by atoms with Gasteiger partial charge < -0.3 is 24.6 Å². The third kappa shape index (κ3) is 2.22. The molecule has 0 radical (unpaired) electrons. The summed E-state index contributed by atoms with van der Waals surface area (Å²) in [6.07, 6.45) is 0. The van der Waals surface area contributed by atoms with Crippen molar-refractivity contribution in [3.63, 3.8) is 0 Å². The van der Waals surface area contributed by atoms with Gasteiger partial charge in [-0.15, -0.1) is 4.47 Å². The van der Waals surface area contributed by atoms with Crippen molar-refractivity contribution in [1.82, 2.24) is 5.16 Å². The van der Waals surface area contributed by atoms with Crippen molar-refractivity contribution in [3.8, 4) is 17.2 Å². The number of aromatic nitrogens is 1. The molecule has 0 saturated heterocycles. The molecule has 0 unspecified atom stereocenters. The molecule has 7 nitrogen and oxygen atoms in total. The number of ether oxygens (including phenoxy) is 2. The van der Waals surface area contributed by atoms with E-state index in [-0.39, 0.29) is 0 Å². The zero-order valence-corrected chi connectivity index (χ0v) is 13.9. The Balaban J connectivity index is 1.78. The number of benzene rings is 2. The van der Waals surface area contributed by atoms with Crippen LogP contribution in [0.15, 0.2) is 39.8 Å². The van der Waals surface area contributed by atoms with Gasteiger partial charge in [-0.05, 0) is 29.8 Å². The Hall–Kier alpha value is -2.58. The number of hydrogen-bond acceptors (Lipinski definition) is 8. The van der Waals surface area contributed by atoms with Crippen LogP contribution in [0.1, 0.15) is 5.56 Å². The fourth-order valence-electron chi connectivity index (χ4n) is 2.58. The molecule has 0 saturated carbocycles. The summed E-state index contributed by atoms with van der Waals surface area (Å²) in [5, 5.41) is 4.88. The second-order valence-electron chi connectivity index (χ2n) is 5.11. The predicted octanol–water partition coefficient (Wildman–Crippen LogP) is 3.12. The highest BCUT2D eigenvalue weighted by atomic mass is 32.2. The molecular formula is C16H15N3O4S. The van der Waals surface area contributed by atoms with Gasteiger partial charge in [0.2, 0.25) is 5.82 Å². The summed E-state index contributed by atoms with van der Waals surface area (Å²) in [5.41, 5.74) is 7.28. The fourth-order valence-corrected chi connectivity index (χ4v) is 3.49.